The molecular weight excluding hydrogens is 252 g/mol. The zero-order valence-corrected chi connectivity index (χ0v) is 11.8. The SMILES string of the molecule is CN(CC1CCCC1)C(=O)Cn1nnc2ccccc21. The van der Waals surface area contributed by atoms with Crippen molar-refractivity contribution in [3.8, 4) is 0 Å². The molecule has 1 heterocycles. The first-order chi connectivity index (χ1) is 9.74. The van der Waals surface area contributed by atoms with Crippen molar-refractivity contribution < 1.29 is 4.79 Å². The van der Waals surface area contributed by atoms with Crippen LogP contribution in [0, 0.1) is 5.92 Å². The van der Waals surface area contributed by atoms with Crippen LogP contribution in [0.5, 0.6) is 0 Å². The second-order valence-corrected chi connectivity index (χ2v) is 5.66. The average Bonchev–Trinajstić information content (AvgIpc) is 3.09. The highest BCUT2D eigenvalue weighted by Crippen LogP contribution is 2.25. The Labute approximate surface area is 118 Å². The molecule has 0 radical (unpaired) electrons. The van der Waals surface area contributed by atoms with Gasteiger partial charge in [-0.15, -0.1) is 5.10 Å². The number of rotatable bonds is 4. The van der Waals surface area contributed by atoms with E-state index in [1.165, 1.54) is 25.7 Å². The lowest BCUT2D eigenvalue weighted by Gasteiger charge is -2.21. The summed E-state index contributed by atoms with van der Waals surface area (Å²) in [4.78, 5) is 14.1. The van der Waals surface area contributed by atoms with Gasteiger partial charge in [-0.3, -0.25) is 4.79 Å². The van der Waals surface area contributed by atoms with E-state index in [9.17, 15) is 4.79 Å². The molecule has 1 fully saturated rings. The summed E-state index contributed by atoms with van der Waals surface area (Å²) < 4.78 is 1.68. The van der Waals surface area contributed by atoms with E-state index in [1.807, 2.05) is 36.2 Å². The van der Waals surface area contributed by atoms with Crippen LogP contribution in [-0.4, -0.2) is 39.4 Å². The van der Waals surface area contributed by atoms with E-state index in [2.05, 4.69) is 10.3 Å². The molecule has 1 aromatic heterocycles. The van der Waals surface area contributed by atoms with Crippen molar-refractivity contribution in [2.24, 2.45) is 5.92 Å². The molecule has 0 bridgehead atoms. The lowest BCUT2D eigenvalue weighted by molar-refractivity contribution is -0.131. The zero-order chi connectivity index (χ0) is 13.9. The van der Waals surface area contributed by atoms with Crippen LogP contribution < -0.4 is 0 Å². The summed E-state index contributed by atoms with van der Waals surface area (Å²) in [5.74, 6) is 0.781. The molecule has 0 spiro atoms. The van der Waals surface area contributed by atoms with E-state index in [0.717, 1.165) is 17.6 Å². The molecule has 1 amide bonds. The van der Waals surface area contributed by atoms with Gasteiger partial charge in [0.15, 0.2) is 0 Å². The van der Waals surface area contributed by atoms with Gasteiger partial charge >= 0.3 is 0 Å². The molecule has 5 heteroatoms. The molecule has 1 saturated carbocycles. The van der Waals surface area contributed by atoms with Gasteiger partial charge in [0.2, 0.25) is 5.91 Å². The highest BCUT2D eigenvalue weighted by atomic mass is 16.2. The number of carbonyl (C=O) groups is 1. The minimum atomic E-state index is 0.104. The minimum Gasteiger partial charge on any atom is -0.344 e. The van der Waals surface area contributed by atoms with Gasteiger partial charge in [0.25, 0.3) is 0 Å². The summed E-state index contributed by atoms with van der Waals surface area (Å²) in [5, 5.41) is 8.15. The number of carbonyl (C=O) groups excluding carboxylic acids is 1. The van der Waals surface area contributed by atoms with E-state index < -0.39 is 0 Å². The summed E-state index contributed by atoms with van der Waals surface area (Å²) in [5.41, 5.74) is 1.74. The first kappa shape index (κ1) is 13.1. The number of aromatic nitrogens is 3. The van der Waals surface area contributed by atoms with Crippen molar-refractivity contribution in [1.29, 1.82) is 0 Å². The van der Waals surface area contributed by atoms with Crippen molar-refractivity contribution in [2.75, 3.05) is 13.6 Å². The first-order valence-corrected chi connectivity index (χ1v) is 7.26. The number of likely N-dealkylation sites (N-methyl/N-ethyl adjacent to an activating group) is 1. The number of amides is 1. The van der Waals surface area contributed by atoms with Gasteiger partial charge in [-0.05, 0) is 30.9 Å². The van der Waals surface area contributed by atoms with Gasteiger partial charge in [0.05, 0.1) is 5.52 Å². The van der Waals surface area contributed by atoms with Crippen LogP contribution in [0.1, 0.15) is 25.7 Å². The lowest BCUT2D eigenvalue weighted by Crippen LogP contribution is -2.34. The highest BCUT2D eigenvalue weighted by molar-refractivity contribution is 5.79. The Balaban J connectivity index is 1.65. The molecule has 5 nitrogen and oxygen atoms in total. The molecule has 20 heavy (non-hydrogen) atoms. The Morgan fingerprint density at radius 2 is 2.10 bits per heavy atom. The Bertz CT molecular complexity index is 601. The monoisotopic (exact) mass is 272 g/mol. The maximum absolute atomic E-state index is 12.3. The van der Waals surface area contributed by atoms with Gasteiger partial charge in [-0.1, -0.05) is 30.2 Å². The topological polar surface area (TPSA) is 51.0 Å². The lowest BCUT2D eigenvalue weighted by atomic mass is 10.1. The quantitative estimate of drug-likeness (QED) is 0.856. The van der Waals surface area contributed by atoms with Crippen molar-refractivity contribution in [3.63, 3.8) is 0 Å². The molecule has 0 N–H and O–H groups in total. The Hall–Kier alpha value is -1.91. The molecule has 3 rings (SSSR count). The molecule has 0 saturated heterocycles. The van der Waals surface area contributed by atoms with Gasteiger partial charge in [0, 0.05) is 13.6 Å². The Morgan fingerprint density at radius 1 is 1.35 bits per heavy atom. The number of nitrogens with zero attached hydrogens (tertiary/aromatic N) is 4. The predicted octanol–water partition coefficient (Wildman–Crippen LogP) is 2.08. The molecule has 1 aliphatic rings. The molecule has 106 valence electrons. The minimum absolute atomic E-state index is 0.104. The van der Waals surface area contributed by atoms with E-state index in [-0.39, 0.29) is 12.5 Å². The van der Waals surface area contributed by atoms with Crippen LogP contribution in [0.4, 0.5) is 0 Å². The fourth-order valence-electron chi connectivity index (χ4n) is 2.97. The van der Waals surface area contributed by atoms with Crippen LogP contribution in [0.2, 0.25) is 0 Å². The highest BCUT2D eigenvalue weighted by Gasteiger charge is 2.20. The number of hydrogen-bond acceptors (Lipinski definition) is 3. The van der Waals surface area contributed by atoms with E-state index in [0.29, 0.717) is 5.92 Å². The second kappa shape index (κ2) is 5.61. The van der Waals surface area contributed by atoms with Crippen LogP contribution in [0.3, 0.4) is 0 Å². The number of fused-ring (bicyclic) bond motifs is 1. The van der Waals surface area contributed by atoms with Crippen LogP contribution in [0.15, 0.2) is 24.3 Å². The van der Waals surface area contributed by atoms with Crippen molar-refractivity contribution in [2.45, 2.75) is 32.2 Å². The summed E-state index contributed by atoms with van der Waals surface area (Å²) >= 11 is 0. The summed E-state index contributed by atoms with van der Waals surface area (Å²) in [6.45, 7) is 1.13. The smallest absolute Gasteiger partial charge is 0.244 e. The fraction of sp³-hybridized carbons (Fsp3) is 0.533. The third-order valence-corrected chi connectivity index (χ3v) is 4.14. The normalized spacial score (nSPS) is 15.8. The molecule has 1 aliphatic carbocycles. The van der Waals surface area contributed by atoms with Crippen molar-refractivity contribution >= 4 is 16.9 Å². The predicted molar refractivity (Wildman–Crippen MR) is 77.1 cm³/mol. The molecule has 0 atom stereocenters. The fourth-order valence-corrected chi connectivity index (χ4v) is 2.97. The zero-order valence-electron chi connectivity index (χ0n) is 11.8. The van der Waals surface area contributed by atoms with Gasteiger partial charge < -0.3 is 4.90 Å². The van der Waals surface area contributed by atoms with E-state index in [4.69, 9.17) is 0 Å². The molecule has 2 aromatic rings. The third-order valence-electron chi connectivity index (χ3n) is 4.14. The summed E-state index contributed by atoms with van der Waals surface area (Å²) in [7, 11) is 1.89. The van der Waals surface area contributed by atoms with Crippen LogP contribution in [0.25, 0.3) is 11.0 Å². The molecule has 1 aromatic carbocycles. The third kappa shape index (κ3) is 2.66. The van der Waals surface area contributed by atoms with E-state index in [1.54, 1.807) is 4.68 Å². The molecule has 0 aliphatic heterocycles. The Morgan fingerprint density at radius 3 is 2.90 bits per heavy atom. The van der Waals surface area contributed by atoms with Gasteiger partial charge in [-0.2, -0.15) is 0 Å². The maximum Gasteiger partial charge on any atom is 0.244 e. The summed E-state index contributed by atoms with van der Waals surface area (Å²) in [6.07, 6.45) is 5.12. The van der Waals surface area contributed by atoms with E-state index >= 15 is 0 Å². The van der Waals surface area contributed by atoms with Crippen LogP contribution in [-0.2, 0) is 11.3 Å². The standard InChI is InChI=1S/C15H20N4O/c1-18(10-12-6-2-3-7-12)15(20)11-19-14-9-5-4-8-13(14)16-17-19/h4-5,8-9,12H,2-3,6-7,10-11H2,1H3. The largest absolute Gasteiger partial charge is 0.344 e. The van der Waals surface area contributed by atoms with Crippen molar-refractivity contribution in [3.05, 3.63) is 24.3 Å². The molecular formula is C15H20N4O. The maximum atomic E-state index is 12.3. The Kier molecular flexibility index (Phi) is 3.67. The van der Waals surface area contributed by atoms with Crippen molar-refractivity contribution in [1.82, 2.24) is 19.9 Å². The first-order valence-electron chi connectivity index (χ1n) is 7.26. The number of benzene rings is 1. The second-order valence-electron chi connectivity index (χ2n) is 5.66. The average molecular weight is 272 g/mol. The number of hydrogen-bond donors (Lipinski definition) is 0. The van der Waals surface area contributed by atoms with Gasteiger partial charge in [0.1, 0.15) is 12.1 Å². The molecule has 0 unspecified atom stereocenters. The van der Waals surface area contributed by atoms with Crippen LogP contribution >= 0.6 is 0 Å². The number of para-hydroxylation sites is 1. The summed E-state index contributed by atoms with van der Waals surface area (Å²) in [6, 6.07) is 7.72. The van der Waals surface area contributed by atoms with Gasteiger partial charge in [-0.25, -0.2) is 4.68 Å².